The molecule has 17 heteroatoms. The van der Waals surface area contributed by atoms with Gasteiger partial charge in [-0.2, -0.15) is 0 Å². The van der Waals surface area contributed by atoms with Gasteiger partial charge in [-0.15, -0.1) is 0 Å². The van der Waals surface area contributed by atoms with Crippen molar-refractivity contribution in [2.45, 2.75) is 113 Å². The zero-order valence-electron chi connectivity index (χ0n) is 28.7. The van der Waals surface area contributed by atoms with Gasteiger partial charge in [0.05, 0.1) is 38.0 Å². The van der Waals surface area contributed by atoms with E-state index >= 15 is 0 Å². The molecule has 7 N–H and O–H groups in total. The average molecular weight is 724 g/mol. The summed E-state index contributed by atoms with van der Waals surface area (Å²) in [5.41, 5.74) is -1.22. The summed E-state index contributed by atoms with van der Waals surface area (Å²) in [7, 11) is -1.84. The molecule has 0 saturated carbocycles. The fraction of sp³-hybridized carbons (Fsp3) is 0.697. The van der Waals surface area contributed by atoms with E-state index in [-0.39, 0.29) is 49.6 Å². The van der Waals surface area contributed by atoms with Crippen LogP contribution in [0.15, 0.2) is 18.2 Å². The number of anilines is 2. The van der Waals surface area contributed by atoms with E-state index in [1.807, 2.05) is 0 Å². The molecule has 10 atom stereocenters. The molecule has 1 aromatic rings. The van der Waals surface area contributed by atoms with Gasteiger partial charge in [-0.25, -0.2) is 0 Å². The Kier molecular flexibility index (Phi) is 11.4. The minimum atomic E-state index is -3.13. The van der Waals surface area contributed by atoms with Gasteiger partial charge < -0.3 is 59.7 Å². The van der Waals surface area contributed by atoms with Gasteiger partial charge in [-0.1, -0.05) is 6.92 Å². The lowest BCUT2D eigenvalue weighted by Crippen LogP contribution is -2.60. The van der Waals surface area contributed by atoms with Gasteiger partial charge in [0.25, 0.3) is 11.8 Å². The number of aliphatic hydroxyl groups excluding tert-OH is 5. The normalized spacial score (nSPS) is 34.0. The third-order valence-electron chi connectivity index (χ3n) is 10.6. The van der Waals surface area contributed by atoms with Crippen molar-refractivity contribution in [1.29, 1.82) is 0 Å². The highest BCUT2D eigenvalue weighted by atomic mass is 28.4. The Hall–Kier alpha value is -3.00. The predicted octanol–water partition coefficient (Wildman–Crippen LogP) is -0.714. The Morgan fingerprint density at radius 1 is 1.10 bits per heavy atom. The van der Waals surface area contributed by atoms with E-state index in [0.717, 1.165) is 6.42 Å². The summed E-state index contributed by atoms with van der Waals surface area (Å²) in [6.45, 7) is 5.80. The van der Waals surface area contributed by atoms with Crippen LogP contribution in [0, 0.1) is 5.92 Å². The monoisotopic (exact) mass is 723 g/mol. The first-order valence-corrected chi connectivity index (χ1v) is 20.1. The lowest BCUT2D eigenvalue weighted by molar-refractivity contribution is -0.274. The van der Waals surface area contributed by atoms with Crippen LogP contribution in [0.2, 0.25) is 18.6 Å². The zero-order valence-corrected chi connectivity index (χ0v) is 29.7. The van der Waals surface area contributed by atoms with Crippen molar-refractivity contribution in [2.75, 3.05) is 37.0 Å². The number of fused-ring (bicyclic) bond motifs is 2. The smallest absolute Gasteiger partial charge is 0.305 e. The standard InChI is InChI=1S/C33H49N3O13Si/c1-17-29(50(3,4)46)22(15-23(38)35-13-7-8-19(35)16-37)49-33(17)20-14-18(34-30(43)28-26(41)25(40)27(42)31(44)48-28)10-11-21(20)36(32(33)45)12-6-5-9-24(39)47-2/h10-11,14,17,19,22,25-29,31,37,40-42,44,46H,5-9,12-13,15-16H2,1-4H3,(H,34,43)/t17-,19+,22+,25+,26+,27-,28+,29-,31-,33+/m1/s1. The molecule has 50 heavy (non-hydrogen) atoms. The number of hydrogen-bond donors (Lipinski definition) is 7. The maximum Gasteiger partial charge on any atom is 0.305 e. The van der Waals surface area contributed by atoms with Gasteiger partial charge >= 0.3 is 5.97 Å². The molecule has 4 aliphatic heterocycles. The topological polar surface area (TPSA) is 236 Å². The molecule has 0 aliphatic carbocycles. The van der Waals surface area contributed by atoms with E-state index in [4.69, 9.17) is 14.2 Å². The summed E-state index contributed by atoms with van der Waals surface area (Å²) in [5, 5.41) is 52.7. The van der Waals surface area contributed by atoms with Crippen LogP contribution in [0.5, 0.6) is 0 Å². The summed E-state index contributed by atoms with van der Waals surface area (Å²) in [4.78, 5) is 68.0. The van der Waals surface area contributed by atoms with Gasteiger partial charge in [0.15, 0.2) is 26.3 Å². The van der Waals surface area contributed by atoms with Crippen molar-refractivity contribution in [3.8, 4) is 0 Å². The van der Waals surface area contributed by atoms with Gasteiger partial charge in [-0.05, 0) is 57.0 Å². The molecule has 4 heterocycles. The molecule has 0 bridgehead atoms. The number of benzene rings is 1. The van der Waals surface area contributed by atoms with E-state index in [9.17, 15) is 49.5 Å². The summed E-state index contributed by atoms with van der Waals surface area (Å²) in [6, 6.07) is 4.37. The van der Waals surface area contributed by atoms with Crippen LogP contribution in [0.25, 0.3) is 0 Å². The molecule has 1 spiro atoms. The molecule has 3 amide bonds. The third-order valence-corrected chi connectivity index (χ3v) is 13.1. The second kappa shape index (κ2) is 14.9. The quantitative estimate of drug-likeness (QED) is 0.0850. The second-order valence-corrected chi connectivity index (χ2v) is 18.2. The number of aliphatic hydroxyl groups is 5. The zero-order chi connectivity index (χ0) is 36.7. The SMILES string of the molecule is COC(=O)CCCCN1C(=O)[C@@]2(O[C@@H](CC(=O)N3CCC[C@H]3CO)[C@H]([Si](C)(C)O)[C@H]2C)c2cc(NC(=O)[C@H]3O[C@@H](O)[C@H](O)[C@@H](O)[C@@H]3O)ccc21. The van der Waals surface area contributed by atoms with Gasteiger partial charge in [0.1, 0.15) is 18.3 Å². The molecule has 16 nitrogen and oxygen atoms in total. The van der Waals surface area contributed by atoms with Crippen molar-refractivity contribution < 1.29 is 63.7 Å². The van der Waals surface area contributed by atoms with E-state index in [1.165, 1.54) is 13.2 Å². The Morgan fingerprint density at radius 3 is 2.48 bits per heavy atom. The summed E-state index contributed by atoms with van der Waals surface area (Å²) >= 11 is 0. The number of carbonyl (C=O) groups is 4. The number of nitrogens with one attached hydrogen (secondary N) is 1. The van der Waals surface area contributed by atoms with E-state index in [0.29, 0.717) is 37.1 Å². The van der Waals surface area contributed by atoms with Crippen molar-refractivity contribution in [3.05, 3.63) is 23.8 Å². The average Bonchev–Trinajstić information content (AvgIpc) is 3.73. The molecule has 3 fully saturated rings. The van der Waals surface area contributed by atoms with Crippen molar-refractivity contribution >= 4 is 43.4 Å². The second-order valence-electron chi connectivity index (χ2n) is 14.3. The molecule has 5 rings (SSSR count). The molecule has 1 aromatic carbocycles. The minimum absolute atomic E-state index is 0.115. The largest absolute Gasteiger partial charge is 0.469 e. The number of likely N-dealkylation sites (tertiary alicyclic amines) is 1. The van der Waals surface area contributed by atoms with E-state index in [2.05, 4.69) is 5.32 Å². The highest BCUT2D eigenvalue weighted by Gasteiger charge is 2.66. The van der Waals surface area contributed by atoms with Crippen LogP contribution in [0.4, 0.5) is 11.4 Å². The lowest BCUT2D eigenvalue weighted by Gasteiger charge is -2.37. The first kappa shape index (κ1) is 38.2. The van der Waals surface area contributed by atoms with Crippen LogP contribution in [0.3, 0.4) is 0 Å². The number of methoxy groups -OCH3 is 1. The number of esters is 1. The fourth-order valence-corrected chi connectivity index (χ4v) is 10.7. The highest BCUT2D eigenvalue weighted by Crippen LogP contribution is 2.60. The van der Waals surface area contributed by atoms with Gasteiger partial charge in [0, 0.05) is 42.2 Å². The number of amides is 3. The molecular formula is C33H49N3O13Si. The Balaban J connectivity index is 1.49. The van der Waals surface area contributed by atoms with Gasteiger partial charge in [0.2, 0.25) is 5.91 Å². The maximum atomic E-state index is 14.7. The minimum Gasteiger partial charge on any atom is -0.469 e. The fourth-order valence-electron chi connectivity index (χ4n) is 8.15. The van der Waals surface area contributed by atoms with E-state index < -0.39 is 74.0 Å². The van der Waals surface area contributed by atoms with Crippen LogP contribution < -0.4 is 10.2 Å². The van der Waals surface area contributed by atoms with Crippen LogP contribution >= 0.6 is 0 Å². The molecule has 0 radical (unpaired) electrons. The predicted molar refractivity (Wildman–Crippen MR) is 178 cm³/mol. The number of rotatable bonds is 11. The van der Waals surface area contributed by atoms with Crippen LogP contribution in [-0.2, 0) is 39.0 Å². The first-order chi connectivity index (χ1) is 23.6. The number of hydrogen-bond acceptors (Lipinski definition) is 13. The summed E-state index contributed by atoms with van der Waals surface area (Å²) in [6.07, 6.45) is -7.71. The summed E-state index contributed by atoms with van der Waals surface area (Å²) < 4.78 is 16.6. The van der Waals surface area contributed by atoms with Crippen molar-refractivity contribution in [1.82, 2.24) is 4.90 Å². The Labute approximate surface area is 291 Å². The summed E-state index contributed by atoms with van der Waals surface area (Å²) in [5.74, 6) is -2.61. The first-order valence-electron chi connectivity index (χ1n) is 17.1. The highest BCUT2D eigenvalue weighted by molar-refractivity contribution is 6.71. The molecular weight excluding hydrogens is 674 g/mol. The third kappa shape index (κ3) is 6.94. The number of ether oxygens (including phenoxy) is 3. The van der Waals surface area contributed by atoms with Gasteiger partial charge in [-0.3, -0.25) is 19.2 Å². The Morgan fingerprint density at radius 2 is 1.82 bits per heavy atom. The van der Waals surface area contributed by atoms with Crippen LogP contribution in [-0.4, -0.2) is 137 Å². The van der Waals surface area contributed by atoms with Crippen molar-refractivity contribution in [2.24, 2.45) is 5.92 Å². The maximum absolute atomic E-state index is 14.7. The van der Waals surface area contributed by atoms with Crippen LogP contribution in [0.1, 0.15) is 51.0 Å². The molecule has 278 valence electrons. The molecule has 3 saturated heterocycles. The number of nitrogens with zero attached hydrogens (tertiary/aromatic N) is 2. The molecule has 0 unspecified atom stereocenters. The van der Waals surface area contributed by atoms with Crippen molar-refractivity contribution in [3.63, 3.8) is 0 Å². The Bertz CT molecular complexity index is 1460. The number of carbonyl (C=O) groups excluding carboxylic acids is 4. The number of unbranched alkanes of at least 4 members (excludes halogenated alkanes) is 1. The molecule has 4 aliphatic rings. The molecule has 0 aromatic heterocycles. The lowest BCUT2D eigenvalue weighted by atomic mass is 9.82. The van der Waals surface area contributed by atoms with E-state index in [1.54, 1.807) is 42.0 Å².